The molecule has 2 aromatic rings. The largest absolute Gasteiger partial charge is 0.393 e. The number of aliphatic hydroxyl groups excluding tert-OH is 1. The number of imidazole rings is 1. The summed E-state index contributed by atoms with van der Waals surface area (Å²) in [4.78, 5) is 4.25. The molecule has 0 amide bonds. The minimum Gasteiger partial charge on any atom is -0.393 e. The van der Waals surface area contributed by atoms with E-state index in [9.17, 15) is 5.11 Å². The fraction of sp³-hybridized carbons (Fsp3) is 0.357. The highest BCUT2D eigenvalue weighted by Crippen LogP contribution is 2.14. The van der Waals surface area contributed by atoms with E-state index in [4.69, 9.17) is 0 Å². The molecule has 0 spiro atoms. The lowest BCUT2D eigenvalue weighted by Gasteiger charge is -2.10. The van der Waals surface area contributed by atoms with E-state index in [1.165, 1.54) is 0 Å². The number of aromatic nitrogens is 2. The Hall–Kier alpha value is -1.13. The van der Waals surface area contributed by atoms with Crippen LogP contribution >= 0.6 is 15.9 Å². The Labute approximate surface area is 116 Å². The summed E-state index contributed by atoms with van der Waals surface area (Å²) in [7, 11) is 1.98. The lowest BCUT2D eigenvalue weighted by molar-refractivity contribution is 0.164. The van der Waals surface area contributed by atoms with Gasteiger partial charge >= 0.3 is 0 Å². The second-order valence-corrected chi connectivity index (χ2v) is 5.40. The summed E-state index contributed by atoms with van der Waals surface area (Å²) < 4.78 is 3.04. The summed E-state index contributed by atoms with van der Waals surface area (Å²) in [6, 6.07) is 8.06. The van der Waals surface area contributed by atoms with Crippen LogP contribution in [-0.4, -0.2) is 20.8 Å². The molecule has 0 saturated heterocycles. The Morgan fingerprint density at radius 3 is 2.94 bits per heavy atom. The summed E-state index contributed by atoms with van der Waals surface area (Å²) >= 11 is 3.44. The van der Waals surface area contributed by atoms with Gasteiger partial charge in [0.2, 0.25) is 0 Å². The number of hydrogen-bond acceptors (Lipinski definition) is 2. The molecule has 1 aromatic carbocycles. The maximum Gasteiger partial charge on any atom is 0.108 e. The zero-order valence-electron chi connectivity index (χ0n) is 10.4. The minimum absolute atomic E-state index is 0.323. The number of aliphatic hydroxyl groups is 1. The van der Waals surface area contributed by atoms with Crippen molar-refractivity contribution in [3.05, 3.63) is 52.5 Å². The van der Waals surface area contributed by atoms with Gasteiger partial charge in [-0.15, -0.1) is 0 Å². The Kier molecular flexibility index (Phi) is 4.55. The molecule has 1 N–H and O–H groups in total. The van der Waals surface area contributed by atoms with Gasteiger partial charge in [-0.2, -0.15) is 0 Å². The molecule has 2 rings (SSSR count). The van der Waals surface area contributed by atoms with Crippen molar-refractivity contribution in [1.82, 2.24) is 9.55 Å². The van der Waals surface area contributed by atoms with Gasteiger partial charge in [-0.3, -0.25) is 0 Å². The van der Waals surface area contributed by atoms with Crippen molar-refractivity contribution in [2.75, 3.05) is 0 Å². The predicted octanol–water partition coefficient (Wildman–Crippen LogP) is 2.72. The van der Waals surface area contributed by atoms with Crippen molar-refractivity contribution in [3.8, 4) is 0 Å². The number of benzene rings is 1. The lowest BCUT2D eigenvalue weighted by atomic mass is 10.0. The van der Waals surface area contributed by atoms with Gasteiger partial charge in [-0.1, -0.05) is 28.1 Å². The summed E-state index contributed by atoms with van der Waals surface area (Å²) in [6.07, 6.45) is 5.61. The fourth-order valence-corrected chi connectivity index (χ4v) is 2.42. The van der Waals surface area contributed by atoms with Crippen LogP contribution < -0.4 is 0 Å². The van der Waals surface area contributed by atoms with Crippen molar-refractivity contribution in [2.45, 2.75) is 25.4 Å². The molecule has 0 aliphatic heterocycles. The van der Waals surface area contributed by atoms with Crippen molar-refractivity contribution >= 4 is 15.9 Å². The number of halogens is 1. The highest BCUT2D eigenvalue weighted by atomic mass is 79.9. The monoisotopic (exact) mass is 308 g/mol. The zero-order chi connectivity index (χ0) is 13.0. The molecule has 0 aliphatic rings. The lowest BCUT2D eigenvalue weighted by Crippen LogP contribution is -2.13. The van der Waals surface area contributed by atoms with E-state index in [-0.39, 0.29) is 6.10 Å². The van der Waals surface area contributed by atoms with Crippen LogP contribution in [0.3, 0.4) is 0 Å². The standard InChI is InChI=1S/C14H17BrN2O/c1-17-8-7-16-14(17)6-5-13(18)10-11-3-2-4-12(15)9-11/h2-4,7-9,13,18H,5-6,10H2,1H3. The summed E-state index contributed by atoms with van der Waals surface area (Å²) in [5.41, 5.74) is 1.15. The van der Waals surface area contributed by atoms with Gasteiger partial charge in [0.1, 0.15) is 5.82 Å². The maximum atomic E-state index is 10.0. The third-order valence-corrected chi connectivity index (χ3v) is 3.48. The number of aryl methyl sites for hydroxylation is 2. The molecule has 3 nitrogen and oxygen atoms in total. The first kappa shape index (κ1) is 13.3. The Bertz CT molecular complexity index is 510. The minimum atomic E-state index is -0.323. The number of hydrogen-bond donors (Lipinski definition) is 1. The average Bonchev–Trinajstić information content (AvgIpc) is 2.72. The van der Waals surface area contributed by atoms with Gasteiger partial charge in [0.05, 0.1) is 6.10 Å². The van der Waals surface area contributed by atoms with Gasteiger partial charge in [-0.25, -0.2) is 4.98 Å². The highest BCUT2D eigenvalue weighted by molar-refractivity contribution is 9.10. The molecule has 0 bridgehead atoms. The molecule has 0 radical (unpaired) electrons. The first-order chi connectivity index (χ1) is 8.65. The number of rotatable bonds is 5. The van der Waals surface area contributed by atoms with Crippen molar-refractivity contribution < 1.29 is 5.11 Å². The topological polar surface area (TPSA) is 38.0 Å². The first-order valence-electron chi connectivity index (χ1n) is 6.04. The van der Waals surface area contributed by atoms with Gasteiger partial charge in [0.15, 0.2) is 0 Å². The maximum absolute atomic E-state index is 10.0. The van der Waals surface area contributed by atoms with E-state index in [1.54, 1.807) is 6.20 Å². The quantitative estimate of drug-likeness (QED) is 0.922. The van der Waals surface area contributed by atoms with E-state index in [1.807, 2.05) is 42.1 Å². The predicted molar refractivity (Wildman–Crippen MR) is 75.4 cm³/mol. The van der Waals surface area contributed by atoms with E-state index in [0.717, 1.165) is 28.7 Å². The van der Waals surface area contributed by atoms with Crippen molar-refractivity contribution in [1.29, 1.82) is 0 Å². The fourth-order valence-electron chi connectivity index (χ4n) is 1.97. The molecular weight excluding hydrogens is 292 g/mol. The number of nitrogens with zero attached hydrogens (tertiary/aromatic N) is 2. The molecule has 18 heavy (non-hydrogen) atoms. The second-order valence-electron chi connectivity index (χ2n) is 4.48. The van der Waals surface area contributed by atoms with Crippen LogP contribution in [0, 0.1) is 0 Å². The molecule has 0 fully saturated rings. The smallest absolute Gasteiger partial charge is 0.108 e. The molecular formula is C14H17BrN2O. The summed E-state index contributed by atoms with van der Waals surface area (Å²) in [5, 5.41) is 10.0. The average molecular weight is 309 g/mol. The summed E-state index contributed by atoms with van der Waals surface area (Å²) in [6.45, 7) is 0. The van der Waals surface area contributed by atoms with Crippen LogP contribution in [0.1, 0.15) is 17.8 Å². The third-order valence-electron chi connectivity index (χ3n) is 2.98. The first-order valence-corrected chi connectivity index (χ1v) is 6.83. The molecule has 96 valence electrons. The van der Waals surface area contributed by atoms with Gasteiger partial charge in [0.25, 0.3) is 0 Å². The molecule has 1 aromatic heterocycles. The van der Waals surface area contributed by atoms with E-state index < -0.39 is 0 Å². The van der Waals surface area contributed by atoms with Crippen LogP contribution in [0.15, 0.2) is 41.1 Å². The van der Waals surface area contributed by atoms with Crippen LogP contribution in [0.2, 0.25) is 0 Å². The molecule has 4 heteroatoms. The van der Waals surface area contributed by atoms with Crippen LogP contribution in [0.4, 0.5) is 0 Å². The van der Waals surface area contributed by atoms with E-state index in [2.05, 4.69) is 20.9 Å². The van der Waals surface area contributed by atoms with Crippen molar-refractivity contribution in [2.24, 2.45) is 7.05 Å². The molecule has 1 heterocycles. The van der Waals surface area contributed by atoms with E-state index in [0.29, 0.717) is 6.42 Å². The van der Waals surface area contributed by atoms with Gasteiger partial charge in [-0.05, 0) is 30.5 Å². The molecule has 1 atom stereocenters. The molecule has 1 unspecified atom stereocenters. The molecule has 0 saturated carbocycles. The van der Waals surface area contributed by atoms with Gasteiger partial charge < -0.3 is 9.67 Å². The Balaban J connectivity index is 1.86. The SMILES string of the molecule is Cn1ccnc1CCC(O)Cc1cccc(Br)c1. The van der Waals surface area contributed by atoms with E-state index >= 15 is 0 Å². The van der Waals surface area contributed by atoms with Gasteiger partial charge in [0, 0.05) is 30.3 Å². The Morgan fingerprint density at radius 1 is 1.44 bits per heavy atom. The van der Waals surface area contributed by atoms with Crippen molar-refractivity contribution in [3.63, 3.8) is 0 Å². The van der Waals surface area contributed by atoms with Crippen LogP contribution in [0.5, 0.6) is 0 Å². The normalized spacial score (nSPS) is 12.6. The second kappa shape index (κ2) is 6.16. The third kappa shape index (κ3) is 3.68. The molecule has 0 aliphatic carbocycles. The Morgan fingerprint density at radius 2 is 2.28 bits per heavy atom. The zero-order valence-corrected chi connectivity index (χ0v) is 12.0. The highest BCUT2D eigenvalue weighted by Gasteiger charge is 2.08. The van der Waals surface area contributed by atoms with Crippen LogP contribution in [-0.2, 0) is 19.9 Å². The van der Waals surface area contributed by atoms with Crippen LogP contribution in [0.25, 0.3) is 0 Å². The summed E-state index contributed by atoms with van der Waals surface area (Å²) in [5.74, 6) is 1.02.